The van der Waals surface area contributed by atoms with Crippen LogP contribution in [0.3, 0.4) is 0 Å². The number of aliphatic hydroxyl groups is 1. The molecule has 23 heavy (non-hydrogen) atoms. The number of alkyl carbamates (subject to hydrolysis) is 1. The maximum absolute atomic E-state index is 11.5. The first kappa shape index (κ1) is 15.3. The van der Waals surface area contributed by atoms with Crippen molar-refractivity contribution in [3.63, 3.8) is 0 Å². The summed E-state index contributed by atoms with van der Waals surface area (Å²) < 4.78 is 6.90. The molecule has 1 aromatic carbocycles. The SMILES string of the molecule is N#Cc1ccc2ncn(C[C@@]3(O)CCCCNC(=O)OC3)c2c1. The number of nitriles is 1. The average molecular weight is 314 g/mol. The molecule has 2 aromatic rings. The van der Waals surface area contributed by atoms with E-state index < -0.39 is 11.7 Å². The van der Waals surface area contributed by atoms with Gasteiger partial charge in [-0.25, -0.2) is 9.78 Å². The van der Waals surface area contributed by atoms with Gasteiger partial charge in [-0.05, 0) is 37.5 Å². The lowest BCUT2D eigenvalue weighted by molar-refractivity contribution is -0.0386. The van der Waals surface area contributed by atoms with E-state index >= 15 is 0 Å². The smallest absolute Gasteiger partial charge is 0.407 e. The second-order valence-electron chi connectivity index (χ2n) is 5.87. The number of nitrogens with one attached hydrogen (secondary N) is 1. The molecule has 1 aromatic heterocycles. The zero-order valence-electron chi connectivity index (χ0n) is 12.7. The summed E-state index contributed by atoms with van der Waals surface area (Å²) in [5.41, 5.74) is 0.922. The van der Waals surface area contributed by atoms with Crippen molar-refractivity contribution in [1.29, 1.82) is 5.26 Å². The van der Waals surface area contributed by atoms with E-state index in [-0.39, 0.29) is 13.2 Å². The Morgan fingerprint density at radius 2 is 2.35 bits per heavy atom. The van der Waals surface area contributed by atoms with Gasteiger partial charge in [0.2, 0.25) is 0 Å². The van der Waals surface area contributed by atoms with E-state index in [0.29, 0.717) is 18.5 Å². The first-order chi connectivity index (χ1) is 11.1. The number of hydrogen-bond donors (Lipinski definition) is 2. The van der Waals surface area contributed by atoms with Gasteiger partial charge in [0.05, 0.1) is 35.5 Å². The van der Waals surface area contributed by atoms with Crippen molar-refractivity contribution in [2.24, 2.45) is 0 Å². The topological polar surface area (TPSA) is 100 Å². The fourth-order valence-electron chi connectivity index (χ4n) is 2.79. The number of carbonyl (C=O) groups excluding carboxylic acids is 1. The Kier molecular flexibility index (Phi) is 4.17. The number of ether oxygens (including phenoxy) is 1. The molecule has 120 valence electrons. The minimum atomic E-state index is -1.15. The summed E-state index contributed by atoms with van der Waals surface area (Å²) in [5, 5.41) is 22.5. The van der Waals surface area contributed by atoms with Crippen LogP contribution in [0.5, 0.6) is 0 Å². The Hall–Kier alpha value is -2.59. The molecular weight excluding hydrogens is 296 g/mol. The number of cyclic esters (lactones) is 1. The quantitative estimate of drug-likeness (QED) is 0.876. The maximum atomic E-state index is 11.5. The van der Waals surface area contributed by atoms with Gasteiger partial charge in [0.15, 0.2) is 0 Å². The molecule has 1 saturated heterocycles. The third kappa shape index (κ3) is 3.43. The van der Waals surface area contributed by atoms with Crippen molar-refractivity contribution < 1.29 is 14.6 Å². The molecule has 1 atom stereocenters. The number of carbonyl (C=O) groups is 1. The monoisotopic (exact) mass is 314 g/mol. The highest BCUT2D eigenvalue weighted by atomic mass is 16.6. The van der Waals surface area contributed by atoms with Crippen molar-refractivity contribution in [3.8, 4) is 6.07 Å². The second-order valence-corrected chi connectivity index (χ2v) is 5.87. The van der Waals surface area contributed by atoms with Gasteiger partial charge in [-0.1, -0.05) is 0 Å². The molecule has 1 aliphatic heterocycles. The first-order valence-electron chi connectivity index (χ1n) is 7.58. The predicted molar refractivity (Wildman–Crippen MR) is 82.6 cm³/mol. The summed E-state index contributed by atoms with van der Waals surface area (Å²) in [4.78, 5) is 15.8. The van der Waals surface area contributed by atoms with Gasteiger partial charge < -0.3 is 19.7 Å². The largest absolute Gasteiger partial charge is 0.446 e. The summed E-state index contributed by atoms with van der Waals surface area (Å²) in [7, 11) is 0. The molecule has 7 heteroatoms. The number of aromatic nitrogens is 2. The molecular formula is C16H18N4O3. The van der Waals surface area contributed by atoms with E-state index in [9.17, 15) is 9.90 Å². The van der Waals surface area contributed by atoms with Crippen LogP contribution < -0.4 is 5.32 Å². The molecule has 1 amide bonds. The lowest BCUT2D eigenvalue weighted by atomic mass is 9.97. The Morgan fingerprint density at radius 3 is 3.17 bits per heavy atom. The molecule has 1 aliphatic rings. The van der Waals surface area contributed by atoms with Gasteiger partial charge >= 0.3 is 6.09 Å². The van der Waals surface area contributed by atoms with Crippen LogP contribution in [0.4, 0.5) is 4.79 Å². The molecule has 0 spiro atoms. The second kappa shape index (κ2) is 6.26. The fraction of sp³-hybridized carbons (Fsp3) is 0.438. The van der Waals surface area contributed by atoms with Crippen LogP contribution in [0.15, 0.2) is 24.5 Å². The molecule has 0 bridgehead atoms. The summed E-state index contributed by atoms with van der Waals surface area (Å²) in [5.74, 6) is 0. The zero-order valence-corrected chi connectivity index (χ0v) is 12.7. The lowest BCUT2D eigenvalue weighted by Gasteiger charge is -2.27. The van der Waals surface area contributed by atoms with Gasteiger partial charge in [0, 0.05) is 6.54 Å². The van der Waals surface area contributed by atoms with E-state index in [1.165, 1.54) is 0 Å². The maximum Gasteiger partial charge on any atom is 0.407 e. The van der Waals surface area contributed by atoms with Crippen molar-refractivity contribution >= 4 is 17.1 Å². The summed E-state index contributed by atoms with van der Waals surface area (Å²) >= 11 is 0. The molecule has 7 nitrogen and oxygen atoms in total. The van der Waals surface area contributed by atoms with E-state index in [2.05, 4.69) is 16.4 Å². The molecule has 3 rings (SSSR count). The average Bonchev–Trinajstić information content (AvgIpc) is 2.96. The Morgan fingerprint density at radius 1 is 1.48 bits per heavy atom. The van der Waals surface area contributed by atoms with E-state index in [1.807, 2.05) is 0 Å². The van der Waals surface area contributed by atoms with Crippen molar-refractivity contribution in [2.75, 3.05) is 13.2 Å². The number of nitrogens with zero attached hydrogens (tertiary/aromatic N) is 3. The third-order valence-corrected chi connectivity index (χ3v) is 4.02. The van der Waals surface area contributed by atoms with Gasteiger partial charge in [-0.3, -0.25) is 0 Å². The van der Waals surface area contributed by atoms with Crippen LogP contribution in [0.2, 0.25) is 0 Å². The van der Waals surface area contributed by atoms with Crippen LogP contribution in [-0.2, 0) is 11.3 Å². The lowest BCUT2D eigenvalue weighted by Crippen LogP contribution is -2.40. The third-order valence-electron chi connectivity index (χ3n) is 4.02. The van der Waals surface area contributed by atoms with Gasteiger partial charge in [-0.15, -0.1) is 0 Å². The van der Waals surface area contributed by atoms with Gasteiger partial charge in [0.1, 0.15) is 12.2 Å². The van der Waals surface area contributed by atoms with Crippen molar-refractivity contribution in [3.05, 3.63) is 30.1 Å². The summed E-state index contributed by atoms with van der Waals surface area (Å²) in [6.45, 7) is 0.733. The number of imidazole rings is 1. The molecule has 0 aliphatic carbocycles. The molecule has 1 fully saturated rings. The molecule has 2 N–H and O–H groups in total. The first-order valence-corrected chi connectivity index (χ1v) is 7.58. The highest BCUT2D eigenvalue weighted by Crippen LogP contribution is 2.22. The predicted octanol–water partition coefficient (Wildman–Crippen LogP) is 1.55. The number of hydrogen-bond acceptors (Lipinski definition) is 5. The number of rotatable bonds is 2. The highest BCUT2D eigenvalue weighted by molar-refractivity contribution is 5.77. The molecule has 0 unspecified atom stereocenters. The van der Waals surface area contributed by atoms with Gasteiger partial charge in [0.25, 0.3) is 0 Å². The fourth-order valence-corrected chi connectivity index (χ4v) is 2.79. The van der Waals surface area contributed by atoms with Crippen LogP contribution in [0.25, 0.3) is 11.0 Å². The van der Waals surface area contributed by atoms with Crippen LogP contribution in [0, 0.1) is 11.3 Å². The standard InChI is InChI=1S/C16H18N4O3/c17-8-12-3-4-13-14(7-12)20(11-19-13)9-16(22)5-1-2-6-18-15(21)23-10-16/h3-4,7,11,22H,1-2,5-6,9-10H2,(H,18,21)/t16-/m0/s1. The highest BCUT2D eigenvalue weighted by Gasteiger charge is 2.30. The minimum Gasteiger partial charge on any atom is -0.446 e. The summed E-state index contributed by atoms with van der Waals surface area (Å²) in [6.07, 6.45) is 3.24. The number of fused-ring (bicyclic) bond motifs is 1. The summed E-state index contributed by atoms with van der Waals surface area (Å²) in [6, 6.07) is 7.33. The van der Waals surface area contributed by atoms with E-state index in [0.717, 1.165) is 23.9 Å². The number of benzene rings is 1. The number of amides is 1. The normalized spacial score (nSPS) is 22.3. The van der Waals surface area contributed by atoms with E-state index in [1.54, 1.807) is 29.1 Å². The van der Waals surface area contributed by atoms with Crippen molar-refractivity contribution in [1.82, 2.24) is 14.9 Å². The Bertz CT molecular complexity index is 764. The Labute approximate surface area is 133 Å². The molecule has 2 heterocycles. The Balaban J connectivity index is 1.86. The zero-order chi connectivity index (χ0) is 16.3. The molecule has 0 saturated carbocycles. The van der Waals surface area contributed by atoms with E-state index in [4.69, 9.17) is 10.00 Å². The van der Waals surface area contributed by atoms with Crippen molar-refractivity contribution in [2.45, 2.75) is 31.4 Å². The van der Waals surface area contributed by atoms with Crippen LogP contribution >= 0.6 is 0 Å². The molecule has 0 radical (unpaired) electrons. The van der Waals surface area contributed by atoms with Gasteiger partial charge in [-0.2, -0.15) is 5.26 Å². The minimum absolute atomic E-state index is 0.0730. The van der Waals surface area contributed by atoms with Crippen LogP contribution in [0.1, 0.15) is 24.8 Å². The van der Waals surface area contributed by atoms with Crippen LogP contribution in [-0.4, -0.2) is 39.5 Å².